The highest BCUT2D eigenvalue weighted by Crippen LogP contribution is 2.39. The summed E-state index contributed by atoms with van der Waals surface area (Å²) in [7, 11) is 4.53. The van der Waals surface area contributed by atoms with Crippen molar-refractivity contribution in [3.8, 4) is 28.7 Å². The van der Waals surface area contributed by atoms with Gasteiger partial charge in [-0.2, -0.15) is 0 Å². The molecule has 0 aromatic heterocycles. The first-order valence-electron chi connectivity index (χ1n) is 9.08. The molecule has 3 rings (SSSR count). The highest BCUT2D eigenvalue weighted by molar-refractivity contribution is 6.07. The van der Waals surface area contributed by atoms with Crippen molar-refractivity contribution in [1.82, 2.24) is 0 Å². The monoisotopic (exact) mass is 387 g/mol. The highest BCUT2D eigenvalue weighted by atomic mass is 16.5. The summed E-state index contributed by atoms with van der Waals surface area (Å²) in [5.74, 6) is 2.29. The Kier molecular flexibility index (Phi) is 5.82. The van der Waals surface area contributed by atoms with Crippen LogP contribution >= 0.6 is 0 Å². The van der Waals surface area contributed by atoms with Gasteiger partial charge >= 0.3 is 0 Å². The van der Waals surface area contributed by atoms with Crippen molar-refractivity contribution in [2.24, 2.45) is 0 Å². The number of anilines is 1. The van der Waals surface area contributed by atoms with Crippen LogP contribution in [0.5, 0.6) is 28.7 Å². The first kappa shape index (κ1) is 19.7. The second-order valence-electron chi connectivity index (χ2n) is 6.38. The summed E-state index contributed by atoms with van der Waals surface area (Å²) in [6, 6.07) is 6.92. The third-order valence-electron chi connectivity index (χ3n) is 4.50. The number of nitrogens with one attached hydrogen (secondary N) is 1. The van der Waals surface area contributed by atoms with Gasteiger partial charge in [-0.1, -0.05) is 0 Å². The van der Waals surface area contributed by atoms with Crippen LogP contribution in [0, 0.1) is 0 Å². The van der Waals surface area contributed by atoms with Crippen molar-refractivity contribution in [2.75, 3.05) is 33.3 Å². The van der Waals surface area contributed by atoms with Gasteiger partial charge in [0.1, 0.15) is 23.4 Å². The van der Waals surface area contributed by atoms with Crippen LogP contribution in [0.2, 0.25) is 0 Å². The van der Waals surface area contributed by atoms with Gasteiger partial charge in [-0.25, -0.2) is 0 Å². The minimum absolute atomic E-state index is 0.0985. The molecule has 2 aromatic carbocycles. The average molecular weight is 387 g/mol. The molecule has 1 N–H and O–H groups in total. The smallest absolute Gasteiger partial charge is 0.259 e. The summed E-state index contributed by atoms with van der Waals surface area (Å²) >= 11 is 0. The summed E-state index contributed by atoms with van der Waals surface area (Å²) in [6.45, 7) is 4.39. The Hall–Kier alpha value is -3.09. The van der Waals surface area contributed by atoms with Crippen molar-refractivity contribution in [3.05, 3.63) is 35.4 Å². The van der Waals surface area contributed by atoms with Gasteiger partial charge in [-0.3, -0.25) is 4.79 Å². The van der Waals surface area contributed by atoms with E-state index in [0.717, 1.165) is 17.7 Å². The fourth-order valence-electron chi connectivity index (χ4n) is 3.21. The molecule has 1 aliphatic rings. The topological polar surface area (TPSA) is 75.3 Å². The predicted molar refractivity (Wildman–Crippen MR) is 105 cm³/mol. The summed E-state index contributed by atoms with van der Waals surface area (Å²) in [4.78, 5) is 13.0. The van der Waals surface area contributed by atoms with Crippen molar-refractivity contribution in [3.63, 3.8) is 0 Å². The Morgan fingerprint density at radius 2 is 1.71 bits per heavy atom. The Balaban J connectivity index is 1.96. The van der Waals surface area contributed by atoms with Crippen LogP contribution in [-0.2, 0) is 6.42 Å². The lowest BCUT2D eigenvalue weighted by atomic mass is 10.1. The summed E-state index contributed by atoms with van der Waals surface area (Å²) in [5.41, 5.74) is 1.92. The highest BCUT2D eigenvalue weighted by Gasteiger charge is 2.24. The SMILES string of the molecule is CCOc1cc2c(cc1NC(=O)c1cc(OC)c(OC)cc1OC)OC(C)C2. The van der Waals surface area contributed by atoms with Crippen LogP contribution in [-0.4, -0.2) is 39.9 Å². The summed E-state index contributed by atoms with van der Waals surface area (Å²) in [6.07, 6.45) is 0.911. The predicted octanol–water partition coefficient (Wildman–Crippen LogP) is 3.69. The maximum atomic E-state index is 13.0. The minimum Gasteiger partial charge on any atom is -0.496 e. The van der Waals surface area contributed by atoms with Gasteiger partial charge in [-0.15, -0.1) is 0 Å². The number of carbonyl (C=O) groups is 1. The van der Waals surface area contributed by atoms with E-state index in [1.54, 1.807) is 18.2 Å². The number of methoxy groups -OCH3 is 3. The van der Waals surface area contributed by atoms with Crippen LogP contribution in [0.15, 0.2) is 24.3 Å². The fourth-order valence-corrected chi connectivity index (χ4v) is 3.21. The van der Waals surface area contributed by atoms with E-state index in [1.165, 1.54) is 21.3 Å². The molecule has 0 aliphatic carbocycles. The van der Waals surface area contributed by atoms with E-state index in [0.29, 0.717) is 40.9 Å². The molecule has 1 atom stereocenters. The standard InChI is InChI=1S/C21H25NO6/c1-6-27-18-8-13-7-12(2)28-16(13)10-15(18)22-21(23)14-9-19(25-4)20(26-5)11-17(14)24-3/h8-12H,6-7H2,1-5H3,(H,22,23). The molecule has 0 saturated carbocycles. The van der Waals surface area contributed by atoms with Crippen LogP contribution in [0.1, 0.15) is 29.8 Å². The third kappa shape index (κ3) is 3.78. The van der Waals surface area contributed by atoms with E-state index < -0.39 is 0 Å². The number of benzene rings is 2. The Morgan fingerprint density at radius 1 is 1.04 bits per heavy atom. The minimum atomic E-state index is -0.357. The normalized spacial score (nSPS) is 14.7. The molecule has 0 bridgehead atoms. The van der Waals surface area contributed by atoms with Crippen molar-refractivity contribution >= 4 is 11.6 Å². The van der Waals surface area contributed by atoms with E-state index in [9.17, 15) is 4.79 Å². The zero-order chi connectivity index (χ0) is 20.3. The lowest BCUT2D eigenvalue weighted by Crippen LogP contribution is -2.15. The van der Waals surface area contributed by atoms with Crippen LogP contribution in [0.4, 0.5) is 5.69 Å². The van der Waals surface area contributed by atoms with Gasteiger partial charge in [0.15, 0.2) is 11.5 Å². The maximum absolute atomic E-state index is 13.0. The number of carbonyl (C=O) groups excluding carboxylic acids is 1. The van der Waals surface area contributed by atoms with E-state index in [-0.39, 0.29) is 12.0 Å². The maximum Gasteiger partial charge on any atom is 0.259 e. The van der Waals surface area contributed by atoms with Crippen LogP contribution < -0.4 is 29.0 Å². The Labute approximate surface area is 164 Å². The summed E-state index contributed by atoms with van der Waals surface area (Å²) < 4.78 is 27.5. The number of hydrogen-bond donors (Lipinski definition) is 1. The van der Waals surface area contributed by atoms with E-state index in [2.05, 4.69) is 5.32 Å². The molecule has 0 spiro atoms. The lowest BCUT2D eigenvalue weighted by Gasteiger charge is -2.16. The number of hydrogen-bond acceptors (Lipinski definition) is 6. The van der Waals surface area contributed by atoms with Gasteiger partial charge in [0.2, 0.25) is 0 Å². The van der Waals surface area contributed by atoms with E-state index in [1.807, 2.05) is 19.9 Å². The van der Waals surface area contributed by atoms with Gasteiger partial charge in [-0.05, 0) is 19.9 Å². The van der Waals surface area contributed by atoms with Crippen LogP contribution in [0.3, 0.4) is 0 Å². The zero-order valence-corrected chi connectivity index (χ0v) is 16.8. The quantitative estimate of drug-likeness (QED) is 0.781. The van der Waals surface area contributed by atoms with Gasteiger partial charge in [0, 0.05) is 30.2 Å². The molecule has 0 radical (unpaired) electrons. The molecular formula is C21H25NO6. The average Bonchev–Trinajstić information content (AvgIpc) is 3.05. The molecule has 7 nitrogen and oxygen atoms in total. The summed E-state index contributed by atoms with van der Waals surface area (Å²) in [5, 5.41) is 2.90. The number of fused-ring (bicyclic) bond motifs is 1. The third-order valence-corrected chi connectivity index (χ3v) is 4.50. The Bertz CT molecular complexity index is 880. The molecule has 0 fully saturated rings. The van der Waals surface area contributed by atoms with Gasteiger partial charge in [0.25, 0.3) is 5.91 Å². The Morgan fingerprint density at radius 3 is 2.36 bits per heavy atom. The van der Waals surface area contributed by atoms with E-state index >= 15 is 0 Å². The first-order chi connectivity index (χ1) is 13.5. The van der Waals surface area contributed by atoms with E-state index in [4.69, 9.17) is 23.7 Å². The second-order valence-corrected chi connectivity index (χ2v) is 6.38. The molecule has 150 valence electrons. The fraction of sp³-hybridized carbons (Fsp3) is 0.381. The number of rotatable bonds is 7. The van der Waals surface area contributed by atoms with Crippen molar-refractivity contribution in [2.45, 2.75) is 26.4 Å². The van der Waals surface area contributed by atoms with Gasteiger partial charge < -0.3 is 29.0 Å². The first-order valence-corrected chi connectivity index (χ1v) is 9.08. The van der Waals surface area contributed by atoms with Crippen molar-refractivity contribution < 1.29 is 28.5 Å². The molecule has 1 heterocycles. The van der Waals surface area contributed by atoms with Crippen molar-refractivity contribution in [1.29, 1.82) is 0 Å². The lowest BCUT2D eigenvalue weighted by molar-refractivity contribution is 0.102. The number of amides is 1. The largest absolute Gasteiger partial charge is 0.496 e. The molecule has 1 aliphatic heterocycles. The second kappa shape index (κ2) is 8.29. The molecule has 28 heavy (non-hydrogen) atoms. The van der Waals surface area contributed by atoms with Crippen LogP contribution in [0.25, 0.3) is 0 Å². The molecule has 1 amide bonds. The molecule has 1 unspecified atom stereocenters. The number of ether oxygens (including phenoxy) is 5. The zero-order valence-electron chi connectivity index (χ0n) is 16.8. The molecule has 2 aromatic rings. The molecule has 7 heteroatoms. The van der Waals surface area contributed by atoms with Gasteiger partial charge in [0.05, 0.1) is 39.2 Å². The molecular weight excluding hydrogens is 362 g/mol. The molecule has 0 saturated heterocycles.